The van der Waals surface area contributed by atoms with Crippen molar-refractivity contribution in [3.05, 3.63) is 82.4 Å². The molecule has 3 aromatic rings. The standard InChI is InChI=1S/C36H35NO11/c1-34(2,3)32(42)45-22-9-12-25-27(17-22)47-28-18-23(46-33(43)35(4,5)6)10-13-26(28)36(25,44-7)24-11-8-20(16-21(24)19-38)31(41)48-37-29(39)14-15-30(37)40/h8-13,16-19H,14-15H2,1-7H3. The van der Waals surface area contributed by atoms with Gasteiger partial charge in [-0.15, -0.1) is 5.06 Å². The van der Waals surface area contributed by atoms with Gasteiger partial charge in [0.1, 0.15) is 29.3 Å². The Morgan fingerprint density at radius 3 is 1.67 bits per heavy atom. The van der Waals surface area contributed by atoms with E-state index < -0.39 is 46.2 Å². The van der Waals surface area contributed by atoms with Gasteiger partial charge in [-0.1, -0.05) is 6.07 Å². The smallest absolute Gasteiger partial charge is 0.363 e. The molecule has 0 aromatic heterocycles. The third-order valence-electron chi connectivity index (χ3n) is 7.81. The Kier molecular flexibility index (Phi) is 8.74. The Morgan fingerprint density at radius 1 is 0.750 bits per heavy atom. The van der Waals surface area contributed by atoms with E-state index in [2.05, 4.69) is 0 Å². The molecule has 3 aromatic carbocycles. The van der Waals surface area contributed by atoms with Crippen molar-refractivity contribution < 1.29 is 52.6 Å². The van der Waals surface area contributed by atoms with Crippen molar-refractivity contribution in [1.82, 2.24) is 5.06 Å². The van der Waals surface area contributed by atoms with Crippen LogP contribution in [0.1, 0.15) is 91.8 Å². The molecule has 0 spiro atoms. The number of rotatable bonds is 7. The van der Waals surface area contributed by atoms with Crippen molar-refractivity contribution in [2.45, 2.75) is 60.0 Å². The van der Waals surface area contributed by atoms with Crippen LogP contribution >= 0.6 is 0 Å². The first-order valence-electron chi connectivity index (χ1n) is 15.1. The molecule has 2 aliphatic rings. The SMILES string of the molecule is COC1(c2ccc(C(=O)ON3C(=O)CCC3=O)cc2C=O)c2ccc(OC(=O)C(C)(C)C)cc2Oc2cc(OC(=O)C(C)(C)C)ccc21. The number of hydrogen-bond acceptors (Lipinski definition) is 11. The summed E-state index contributed by atoms with van der Waals surface area (Å²) in [5.74, 6) is -2.43. The number of carbonyl (C=O) groups is 6. The normalized spacial score (nSPS) is 15.2. The van der Waals surface area contributed by atoms with E-state index in [4.69, 9.17) is 23.8 Å². The number of carbonyl (C=O) groups excluding carboxylic acids is 6. The Bertz CT molecular complexity index is 1770. The minimum Gasteiger partial charge on any atom is -0.456 e. The minimum absolute atomic E-state index is 0.0237. The number of amides is 2. The second-order valence-corrected chi connectivity index (χ2v) is 13.5. The summed E-state index contributed by atoms with van der Waals surface area (Å²) in [5.41, 5.74) is -2.03. The van der Waals surface area contributed by atoms with E-state index in [0.29, 0.717) is 28.0 Å². The summed E-state index contributed by atoms with van der Waals surface area (Å²) >= 11 is 0. The highest BCUT2D eigenvalue weighted by atomic mass is 16.7. The zero-order chi connectivity index (χ0) is 35.2. The summed E-state index contributed by atoms with van der Waals surface area (Å²) in [6, 6.07) is 13.6. The fourth-order valence-corrected chi connectivity index (χ4v) is 5.19. The zero-order valence-electron chi connectivity index (χ0n) is 27.6. The summed E-state index contributed by atoms with van der Waals surface area (Å²) < 4.78 is 23.8. The highest BCUT2D eigenvalue weighted by molar-refractivity contribution is 6.03. The molecule has 0 atom stereocenters. The Morgan fingerprint density at radius 2 is 1.23 bits per heavy atom. The van der Waals surface area contributed by atoms with E-state index in [1.807, 2.05) is 0 Å². The van der Waals surface area contributed by atoms with Gasteiger partial charge in [-0.05, 0) is 77.9 Å². The first kappa shape index (κ1) is 34.0. The van der Waals surface area contributed by atoms with Gasteiger partial charge in [-0.2, -0.15) is 0 Å². The molecule has 0 saturated carbocycles. The number of imide groups is 1. The third-order valence-corrected chi connectivity index (χ3v) is 7.81. The molecule has 0 unspecified atom stereocenters. The molecule has 2 aliphatic heterocycles. The van der Waals surface area contributed by atoms with E-state index >= 15 is 0 Å². The molecule has 48 heavy (non-hydrogen) atoms. The van der Waals surface area contributed by atoms with Crippen molar-refractivity contribution in [1.29, 1.82) is 0 Å². The van der Waals surface area contributed by atoms with Crippen LogP contribution in [-0.4, -0.2) is 48.2 Å². The van der Waals surface area contributed by atoms with Gasteiger partial charge in [-0.25, -0.2) is 4.79 Å². The minimum atomic E-state index is -1.54. The number of ether oxygens (including phenoxy) is 4. The Balaban J connectivity index is 1.65. The van der Waals surface area contributed by atoms with Crippen molar-refractivity contribution in [3.8, 4) is 23.0 Å². The van der Waals surface area contributed by atoms with E-state index in [0.717, 1.165) is 0 Å². The number of nitrogens with zero attached hydrogens (tertiary/aromatic N) is 1. The topological polar surface area (TPSA) is 152 Å². The van der Waals surface area contributed by atoms with Crippen LogP contribution in [0.4, 0.5) is 0 Å². The van der Waals surface area contributed by atoms with Gasteiger partial charge in [0.25, 0.3) is 11.8 Å². The van der Waals surface area contributed by atoms with Gasteiger partial charge in [0, 0.05) is 54.3 Å². The maximum atomic E-state index is 13.0. The molecule has 12 nitrogen and oxygen atoms in total. The number of esters is 2. The number of benzene rings is 3. The molecule has 0 aliphatic carbocycles. The molecule has 1 saturated heterocycles. The summed E-state index contributed by atoms with van der Waals surface area (Å²) in [5, 5.41) is 0.423. The third kappa shape index (κ3) is 6.18. The van der Waals surface area contributed by atoms with Crippen LogP contribution in [0.25, 0.3) is 0 Å². The molecule has 2 amide bonds. The van der Waals surface area contributed by atoms with Gasteiger partial charge >= 0.3 is 17.9 Å². The van der Waals surface area contributed by atoms with E-state index in [1.54, 1.807) is 65.8 Å². The summed E-state index contributed by atoms with van der Waals surface area (Å²) in [7, 11) is 1.43. The fourth-order valence-electron chi connectivity index (χ4n) is 5.19. The van der Waals surface area contributed by atoms with Gasteiger partial charge in [-0.3, -0.25) is 24.0 Å². The second-order valence-electron chi connectivity index (χ2n) is 13.5. The van der Waals surface area contributed by atoms with Crippen LogP contribution in [0.5, 0.6) is 23.0 Å². The first-order chi connectivity index (χ1) is 22.5. The van der Waals surface area contributed by atoms with Crippen molar-refractivity contribution >= 4 is 36.0 Å². The predicted octanol–water partition coefficient (Wildman–Crippen LogP) is 5.67. The van der Waals surface area contributed by atoms with Gasteiger partial charge in [0.05, 0.1) is 16.4 Å². The van der Waals surface area contributed by atoms with Crippen LogP contribution in [0.15, 0.2) is 54.6 Å². The summed E-state index contributed by atoms with van der Waals surface area (Å²) in [6.45, 7) is 10.3. The lowest BCUT2D eigenvalue weighted by Gasteiger charge is -2.40. The number of hydrogen-bond donors (Lipinski definition) is 0. The van der Waals surface area contributed by atoms with Crippen LogP contribution in [-0.2, 0) is 34.4 Å². The maximum Gasteiger partial charge on any atom is 0.363 e. The molecule has 250 valence electrons. The number of fused-ring (bicyclic) bond motifs is 2. The Labute approximate surface area is 276 Å². The van der Waals surface area contributed by atoms with Crippen LogP contribution in [0, 0.1) is 10.8 Å². The Hall–Kier alpha value is -5.36. The average molecular weight is 658 g/mol. The van der Waals surface area contributed by atoms with Gasteiger partial charge < -0.3 is 23.8 Å². The average Bonchev–Trinajstić information content (AvgIpc) is 3.34. The van der Waals surface area contributed by atoms with E-state index in [9.17, 15) is 28.8 Å². The molecule has 2 heterocycles. The molecular formula is C36H35NO11. The van der Waals surface area contributed by atoms with Gasteiger partial charge in [0.2, 0.25) is 0 Å². The fraction of sp³-hybridized carbons (Fsp3) is 0.333. The monoisotopic (exact) mass is 657 g/mol. The number of aldehydes is 1. The molecule has 5 rings (SSSR count). The van der Waals surface area contributed by atoms with E-state index in [1.165, 1.54) is 37.4 Å². The van der Waals surface area contributed by atoms with Gasteiger partial charge in [0.15, 0.2) is 5.60 Å². The van der Waals surface area contributed by atoms with Crippen LogP contribution < -0.4 is 14.2 Å². The predicted molar refractivity (Wildman–Crippen MR) is 168 cm³/mol. The van der Waals surface area contributed by atoms with Crippen molar-refractivity contribution in [2.75, 3.05) is 7.11 Å². The molecule has 0 radical (unpaired) electrons. The molecule has 1 fully saturated rings. The quantitative estimate of drug-likeness (QED) is 0.134. The lowest BCUT2D eigenvalue weighted by molar-refractivity contribution is -0.172. The molecular weight excluding hydrogens is 622 g/mol. The highest BCUT2D eigenvalue weighted by Crippen LogP contribution is 2.54. The van der Waals surface area contributed by atoms with Crippen molar-refractivity contribution in [3.63, 3.8) is 0 Å². The lowest BCUT2D eigenvalue weighted by atomic mass is 9.75. The molecule has 0 N–H and O–H groups in total. The molecule has 12 heteroatoms. The second kappa shape index (κ2) is 12.3. The highest BCUT2D eigenvalue weighted by Gasteiger charge is 2.46. The van der Waals surface area contributed by atoms with Crippen LogP contribution in [0.2, 0.25) is 0 Å². The number of methoxy groups -OCH3 is 1. The summed E-state index contributed by atoms with van der Waals surface area (Å²) in [4.78, 5) is 80.1. The lowest BCUT2D eigenvalue weighted by Crippen LogP contribution is -2.36. The van der Waals surface area contributed by atoms with Crippen LogP contribution in [0.3, 0.4) is 0 Å². The molecule has 0 bridgehead atoms. The van der Waals surface area contributed by atoms with E-state index in [-0.39, 0.29) is 47.0 Å². The van der Waals surface area contributed by atoms with Crippen molar-refractivity contribution in [2.24, 2.45) is 10.8 Å². The zero-order valence-corrected chi connectivity index (χ0v) is 27.6. The maximum absolute atomic E-state index is 13.0. The number of hydroxylamine groups is 2. The first-order valence-corrected chi connectivity index (χ1v) is 15.1. The largest absolute Gasteiger partial charge is 0.456 e. The summed E-state index contributed by atoms with van der Waals surface area (Å²) in [6.07, 6.45) is 0.388.